The number of hydrogen-bond acceptors (Lipinski definition) is 3. The number of urea groups is 1. The first-order valence-electron chi connectivity index (χ1n) is 5.05. The molecule has 2 atom stereocenters. The van der Waals surface area contributed by atoms with Gasteiger partial charge in [0, 0.05) is 6.54 Å². The number of carbonyl (C=O) groups excluding carboxylic acids is 2. The van der Waals surface area contributed by atoms with Crippen LogP contribution in [0.3, 0.4) is 0 Å². The van der Waals surface area contributed by atoms with E-state index in [1.165, 1.54) is 0 Å². The second-order valence-electron chi connectivity index (χ2n) is 4.38. The average Bonchev–Trinajstić information content (AvgIpc) is 2.52. The van der Waals surface area contributed by atoms with E-state index in [1.54, 1.807) is 4.90 Å². The molecule has 1 saturated carbocycles. The van der Waals surface area contributed by atoms with Gasteiger partial charge in [-0.3, -0.25) is 10.1 Å². The summed E-state index contributed by atoms with van der Waals surface area (Å²) in [4.78, 5) is 23.8. The minimum atomic E-state index is -0.215. The van der Waals surface area contributed by atoms with Crippen LogP contribution in [0.1, 0.15) is 0 Å². The fraction of sp³-hybridized carbons (Fsp3) is 0.778. The van der Waals surface area contributed by atoms with Gasteiger partial charge in [0.1, 0.15) is 6.54 Å². The molecule has 2 aliphatic heterocycles. The summed E-state index contributed by atoms with van der Waals surface area (Å²) >= 11 is 0. The summed E-state index contributed by atoms with van der Waals surface area (Å²) in [6.07, 6.45) is 0. The van der Waals surface area contributed by atoms with Crippen molar-refractivity contribution in [2.45, 2.75) is 0 Å². The van der Waals surface area contributed by atoms with Crippen LogP contribution in [-0.2, 0) is 4.79 Å². The Balaban J connectivity index is 1.58. The molecule has 3 fully saturated rings. The summed E-state index contributed by atoms with van der Waals surface area (Å²) in [5.74, 6) is 1.96. The van der Waals surface area contributed by atoms with Crippen molar-refractivity contribution in [1.82, 2.24) is 15.5 Å². The number of rotatable bonds is 2. The van der Waals surface area contributed by atoms with E-state index in [0.717, 1.165) is 31.5 Å². The number of piperidine rings is 1. The standard InChI is InChI=1S/C9H13N3O2/c13-8-4-12(9(14)11-8)3-7-5-1-10-2-6(5)7/h5-7,10H,1-4H2,(H,11,13,14). The molecule has 3 aliphatic rings. The Morgan fingerprint density at radius 2 is 2.00 bits per heavy atom. The summed E-state index contributed by atoms with van der Waals surface area (Å²) in [5.41, 5.74) is 0. The SMILES string of the molecule is O=C1CN(CC2C3CNCC32)C(=O)N1. The summed E-state index contributed by atoms with van der Waals surface area (Å²) < 4.78 is 0. The van der Waals surface area contributed by atoms with E-state index >= 15 is 0 Å². The molecule has 0 aromatic rings. The molecule has 76 valence electrons. The van der Waals surface area contributed by atoms with E-state index in [4.69, 9.17) is 0 Å². The highest BCUT2D eigenvalue weighted by molar-refractivity contribution is 6.01. The van der Waals surface area contributed by atoms with Gasteiger partial charge >= 0.3 is 6.03 Å². The van der Waals surface area contributed by atoms with Crippen LogP contribution in [0.2, 0.25) is 0 Å². The molecule has 0 spiro atoms. The highest BCUT2D eigenvalue weighted by atomic mass is 16.2. The topological polar surface area (TPSA) is 61.4 Å². The van der Waals surface area contributed by atoms with Gasteiger partial charge in [-0.05, 0) is 30.8 Å². The molecule has 14 heavy (non-hydrogen) atoms. The van der Waals surface area contributed by atoms with E-state index < -0.39 is 0 Å². The number of hydrogen-bond donors (Lipinski definition) is 2. The Bertz CT molecular complexity index is 294. The third-order valence-electron chi connectivity index (χ3n) is 3.57. The van der Waals surface area contributed by atoms with Gasteiger partial charge in [-0.1, -0.05) is 0 Å². The normalized spacial score (nSPS) is 40.0. The van der Waals surface area contributed by atoms with Crippen molar-refractivity contribution in [3.8, 4) is 0 Å². The van der Waals surface area contributed by atoms with Crippen LogP contribution < -0.4 is 10.6 Å². The Hall–Kier alpha value is -1.10. The van der Waals surface area contributed by atoms with Crippen molar-refractivity contribution < 1.29 is 9.59 Å². The predicted octanol–water partition coefficient (Wildman–Crippen LogP) is -0.996. The van der Waals surface area contributed by atoms with E-state index in [9.17, 15) is 9.59 Å². The number of nitrogens with one attached hydrogen (secondary N) is 2. The fourth-order valence-corrected chi connectivity index (χ4v) is 2.70. The van der Waals surface area contributed by atoms with Gasteiger partial charge in [-0.25, -0.2) is 4.79 Å². The number of fused-ring (bicyclic) bond motifs is 1. The van der Waals surface area contributed by atoms with Crippen molar-refractivity contribution >= 4 is 11.9 Å². The molecule has 2 saturated heterocycles. The van der Waals surface area contributed by atoms with Crippen LogP contribution in [0, 0.1) is 17.8 Å². The lowest BCUT2D eigenvalue weighted by atomic mass is 10.2. The first-order chi connectivity index (χ1) is 6.75. The van der Waals surface area contributed by atoms with Gasteiger partial charge in [0.2, 0.25) is 5.91 Å². The quantitative estimate of drug-likeness (QED) is 0.556. The fourth-order valence-electron chi connectivity index (χ4n) is 2.70. The number of imide groups is 1. The molecule has 0 bridgehead atoms. The molecule has 3 rings (SSSR count). The lowest BCUT2D eigenvalue weighted by Gasteiger charge is -2.14. The Labute approximate surface area is 81.8 Å². The largest absolute Gasteiger partial charge is 0.324 e. The summed E-state index contributed by atoms with van der Waals surface area (Å²) in [5, 5.41) is 5.61. The zero-order valence-electron chi connectivity index (χ0n) is 7.82. The molecule has 0 aromatic heterocycles. The van der Waals surface area contributed by atoms with Crippen LogP contribution in [0.4, 0.5) is 4.79 Å². The monoisotopic (exact) mass is 195 g/mol. The molecular weight excluding hydrogens is 182 g/mol. The Morgan fingerprint density at radius 3 is 2.57 bits per heavy atom. The predicted molar refractivity (Wildman–Crippen MR) is 48.5 cm³/mol. The van der Waals surface area contributed by atoms with E-state index in [0.29, 0.717) is 5.92 Å². The summed E-state index contributed by atoms with van der Waals surface area (Å²) in [6, 6.07) is -0.215. The number of carbonyl (C=O) groups is 2. The van der Waals surface area contributed by atoms with Crippen LogP contribution >= 0.6 is 0 Å². The maximum Gasteiger partial charge on any atom is 0.324 e. The van der Waals surface area contributed by atoms with Crippen molar-refractivity contribution in [2.75, 3.05) is 26.2 Å². The van der Waals surface area contributed by atoms with Gasteiger partial charge in [0.15, 0.2) is 0 Å². The molecule has 1 aliphatic carbocycles. The second kappa shape index (κ2) is 2.70. The summed E-state index contributed by atoms with van der Waals surface area (Å²) in [7, 11) is 0. The number of amides is 3. The molecule has 2 unspecified atom stereocenters. The van der Waals surface area contributed by atoms with Crippen molar-refractivity contribution in [1.29, 1.82) is 0 Å². The highest BCUT2D eigenvalue weighted by Gasteiger charge is 2.53. The van der Waals surface area contributed by atoms with Gasteiger partial charge in [-0.2, -0.15) is 0 Å². The first-order valence-corrected chi connectivity index (χ1v) is 5.05. The average molecular weight is 195 g/mol. The van der Waals surface area contributed by atoms with Crippen molar-refractivity contribution in [3.05, 3.63) is 0 Å². The third-order valence-corrected chi connectivity index (χ3v) is 3.57. The van der Waals surface area contributed by atoms with Crippen LogP contribution in [-0.4, -0.2) is 43.0 Å². The Morgan fingerprint density at radius 1 is 1.29 bits per heavy atom. The van der Waals surface area contributed by atoms with Crippen molar-refractivity contribution in [2.24, 2.45) is 17.8 Å². The number of nitrogens with zero attached hydrogens (tertiary/aromatic N) is 1. The zero-order valence-corrected chi connectivity index (χ0v) is 7.82. The van der Waals surface area contributed by atoms with Crippen LogP contribution in [0.15, 0.2) is 0 Å². The molecule has 5 nitrogen and oxygen atoms in total. The Kier molecular flexibility index (Phi) is 1.58. The summed E-state index contributed by atoms with van der Waals surface area (Å²) in [6.45, 7) is 3.17. The van der Waals surface area contributed by atoms with Gasteiger partial charge < -0.3 is 10.2 Å². The minimum absolute atomic E-state index is 0.168. The molecule has 0 aromatic carbocycles. The van der Waals surface area contributed by atoms with E-state index in [-0.39, 0.29) is 18.5 Å². The lowest BCUT2D eigenvalue weighted by molar-refractivity contribution is -0.118. The minimum Gasteiger partial charge on any atom is -0.316 e. The van der Waals surface area contributed by atoms with Crippen LogP contribution in [0.5, 0.6) is 0 Å². The van der Waals surface area contributed by atoms with Crippen molar-refractivity contribution in [3.63, 3.8) is 0 Å². The first kappa shape index (κ1) is 8.23. The maximum atomic E-state index is 11.2. The third kappa shape index (κ3) is 1.12. The lowest BCUT2D eigenvalue weighted by Crippen LogP contribution is -2.32. The molecule has 2 N–H and O–H groups in total. The highest BCUT2D eigenvalue weighted by Crippen LogP contribution is 2.48. The smallest absolute Gasteiger partial charge is 0.316 e. The second-order valence-corrected chi connectivity index (χ2v) is 4.38. The van der Waals surface area contributed by atoms with Gasteiger partial charge in [-0.15, -0.1) is 0 Å². The van der Waals surface area contributed by atoms with E-state index in [1.807, 2.05) is 0 Å². The molecule has 2 heterocycles. The molecule has 0 radical (unpaired) electrons. The van der Waals surface area contributed by atoms with E-state index in [2.05, 4.69) is 10.6 Å². The zero-order chi connectivity index (χ0) is 9.71. The van der Waals surface area contributed by atoms with Gasteiger partial charge in [0.25, 0.3) is 0 Å². The van der Waals surface area contributed by atoms with Crippen LogP contribution in [0.25, 0.3) is 0 Å². The molecular formula is C9H13N3O2. The van der Waals surface area contributed by atoms with Gasteiger partial charge in [0.05, 0.1) is 0 Å². The molecule has 5 heteroatoms. The molecule has 3 amide bonds. The maximum absolute atomic E-state index is 11.2.